The molecule has 232 valence electrons. The molecule has 2 heterocycles. The summed E-state index contributed by atoms with van der Waals surface area (Å²) < 4.78 is 69.2. The third-order valence-electron chi connectivity index (χ3n) is 8.56. The van der Waals surface area contributed by atoms with Crippen LogP contribution in [0.15, 0.2) is 77.7 Å². The molecule has 0 saturated carbocycles. The molecule has 0 bridgehead atoms. The van der Waals surface area contributed by atoms with E-state index < -0.39 is 26.1 Å². The Morgan fingerprint density at radius 1 is 0.884 bits per heavy atom. The number of fused-ring (bicyclic) bond motifs is 1. The quantitative estimate of drug-likeness (QED) is 0.327. The van der Waals surface area contributed by atoms with Crippen molar-refractivity contribution in [2.45, 2.75) is 62.0 Å². The average Bonchev–Trinajstić information content (AvgIpc) is 3.03. The van der Waals surface area contributed by atoms with Crippen LogP contribution >= 0.6 is 0 Å². The van der Waals surface area contributed by atoms with Crippen molar-refractivity contribution < 1.29 is 26.3 Å². The summed E-state index contributed by atoms with van der Waals surface area (Å²) in [6, 6.07) is 22.1. The fourth-order valence-corrected chi connectivity index (χ4v) is 9.64. The zero-order chi connectivity index (χ0) is 30.6. The van der Waals surface area contributed by atoms with Gasteiger partial charge in [-0.3, -0.25) is 4.31 Å². The maximum atomic E-state index is 14.2. The number of nitrogens with one attached hydrogen (secondary N) is 1. The number of hydrogen-bond donors (Lipinski definition) is 1. The Labute approximate surface area is 255 Å². The van der Waals surface area contributed by atoms with E-state index in [1.807, 2.05) is 36.4 Å². The molecule has 3 aromatic carbocycles. The minimum absolute atomic E-state index is 0.0136. The zero-order valence-corrected chi connectivity index (χ0v) is 26.6. The summed E-state index contributed by atoms with van der Waals surface area (Å²) >= 11 is 0. The van der Waals surface area contributed by atoms with Crippen molar-refractivity contribution in [3.8, 4) is 11.5 Å². The summed E-state index contributed by atoms with van der Waals surface area (Å²) in [6.07, 6.45) is 2.84. The molecule has 0 radical (unpaired) electrons. The Balaban J connectivity index is 1.30. The van der Waals surface area contributed by atoms with Crippen LogP contribution in [0, 0.1) is 0 Å². The maximum Gasteiger partial charge on any atom is 0.268 e. The molecule has 43 heavy (non-hydrogen) atoms. The van der Waals surface area contributed by atoms with Gasteiger partial charge in [0.15, 0.2) is 0 Å². The highest BCUT2D eigenvalue weighted by atomic mass is 32.2. The lowest BCUT2D eigenvalue weighted by Gasteiger charge is -2.38. The first-order valence-corrected chi connectivity index (χ1v) is 17.8. The van der Waals surface area contributed by atoms with Crippen LogP contribution in [-0.2, 0) is 26.5 Å². The summed E-state index contributed by atoms with van der Waals surface area (Å²) in [5, 5.41) is 3.64. The van der Waals surface area contributed by atoms with Gasteiger partial charge in [-0.25, -0.2) is 21.1 Å². The minimum atomic E-state index is -4.09. The SMILES string of the molecule is COc1ccc(S(=O)(=O)N2c3ccccc3CCC2CCS(=O)(=O)N2CCC(NC(C)c3ccccc3)CC2)c(OC)c1. The van der Waals surface area contributed by atoms with Gasteiger partial charge in [-0.2, -0.15) is 0 Å². The molecule has 0 aromatic heterocycles. The van der Waals surface area contributed by atoms with Crippen molar-refractivity contribution in [2.75, 3.05) is 37.4 Å². The fraction of sp³-hybridized carbons (Fsp3) is 0.438. The first-order chi connectivity index (χ1) is 20.6. The van der Waals surface area contributed by atoms with Crippen molar-refractivity contribution in [2.24, 2.45) is 0 Å². The third-order valence-corrected chi connectivity index (χ3v) is 12.4. The van der Waals surface area contributed by atoms with Gasteiger partial charge in [0, 0.05) is 37.3 Å². The van der Waals surface area contributed by atoms with E-state index in [0.717, 1.165) is 18.4 Å². The van der Waals surface area contributed by atoms with Crippen LogP contribution in [0.1, 0.15) is 49.8 Å². The number of para-hydroxylation sites is 1. The molecule has 0 aliphatic carbocycles. The smallest absolute Gasteiger partial charge is 0.268 e. The van der Waals surface area contributed by atoms with Gasteiger partial charge in [0.25, 0.3) is 10.0 Å². The lowest BCUT2D eigenvalue weighted by atomic mass is 9.97. The molecule has 11 heteroatoms. The van der Waals surface area contributed by atoms with Crippen LogP contribution in [0.3, 0.4) is 0 Å². The molecule has 3 aromatic rings. The second-order valence-corrected chi connectivity index (χ2v) is 15.1. The van der Waals surface area contributed by atoms with Gasteiger partial charge in [-0.15, -0.1) is 0 Å². The second-order valence-electron chi connectivity index (χ2n) is 11.2. The Hall–Kier alpha value is -3.12. The highest BCUT2D eigenvalue weighted by molar-refractivity contribution is 7.93. The van der Waals surface area contributed by atoms with Gasteiger partial charge < -0.3 is 14.8 Å². The summed E-state index contributed by atoms with van der Waals surface area (Å²) in [5.74, 6) is 0.530. The Bertz CT molecular complexity index is 1610. The second kappa shape index (κ2) is 13.3. The van der Waals surface area contributed by atoms with E-state index in [9.17, 15) is 16.8 Å². The molecular formula is C32H41N3O6S2. The number of sulfonamides is 2. The largest absolute Gasteiger partial charge is 0.497 e. The molecule has 1 fully saturated rings. The van der Waals surface area contributed by atoms with E-state index in [1.54, 1.807) is 22.5 Å². The van der Waals surface area contributed by atoms with Crippen molar-refractivity contribution in [3.05, 3.63) is 83.9 Å². The molecule has 5 rings (SSSR count). The van der Waals surface area contributed by atoms with Crippen molar-refractivity contribution in [1.82, 2.24) is 9.62 Å². The highest BCUT2D eigenvalue weighted by Crippen LogP contribution is 2.39. The number of methoxy groups -OCH3 is 2. The number of benzene rings is 3. The van der Waals surface area contributed by atoms with Crippen LogP contribution in [0.25, 0.3) is 0 Å². The lowest BCUT2D eigenvalue weighted by molar-refractivity contribution is 0.276. The van der Waals surface area contributed by atoms with Crippen LogP contribution < -0.4 is 19.1 Å². The summed E-state index contributed by atoms with van der Waals surface area (Å²) in [4.78, 5) is 0.0136. The molecule has 2 aliphatic rings. The first-order valence-electron chi connectivity index (χ1n) is 14.8. The molecule has 0 amide bonds. The van der Waals surface area contributed by atoms with Crippen LogP contribution in [-0.4, -0.2) is 66.3 Å². The lowest BCUT2D eigenvalue weighted by Crippen LogP contribution is -2.48. The Morgan fingerprint density at radius 2 is 1.58 bits per heavy atom. The molecule has 0 spiro atoms. The topological polar surface area (TPSA) is 105 Å². The highest BCUT2D eigenvalue weighted by Gasteiger charge is 2.39. The number of ether oxygens (including phenoxy) is 2. The van der Waals surface area contributed by atoms with Gasteiger partial charge in [-0.05, 0) is 68.4 Å². The Kier molecular flexibility index (Phi) is 9.65. The van der Waals surface area contributed by atoms with E-state index in [1.165, 1.54) is 30.2 Å². The first kappa shape index (κ1) is 31.3. The van der Waals surface area contributed by atoms with E-state index in [0.29, 0.717) is 37.4 Å². The van der Waals surface area contributed by atoms with Crippen LogP contribution in [0.2, 0.25) is 0 Å². The monoisotopic (exact) mass is 627 g/mol. The molecule has 1 saturated heterocycles. The predicted octanol–water partition coefficient (Wildman–Crippen LogP) is 4.75. The number of piperidine rings is 1. The van der Waals surface area contributed by atoms with Crippen molar-refractivity contribution in [1.29, 1.82) is 0 Å². The summed E-state index contributed by atoms with van der Waals surface area (Å²) in [7, 11) is -4.74. The molecule has 1 N–H and O–H groups in total. The van der Waals surface area contributed by atoms with Gasteiger partial charge in [-0.1, -0.05) is 48.5 Å². The minimum Gasteiger partial charge on any atom is -0.497 e. The number of rotatable bonds is 11. The average molecular weight is 628 g/mol. The van der Waals surface area contributed by atoms with E-state index in [2.05, 4.69) is 24.4 Å². The number of hydrogen-bond acceptors (Lipinski definition) is 7. The number of nitrogens with zero attached hydrogens (tertiary/aromatic N) is 2. The van der Waals surface area contributed by atoms with Crippen molar-refractivity contribution in [3.63, 3.8) is 0 Å². The molecule has 2 aliphatic heterocycles. The normalized spacial score (nSPS) is 19.0. The predicted molar refractivity (Wildman–Crippen MR) is 169 cm³/mol. The van der Waals surface area contributed by atoms with Crippen molar-refractivity contribution >= 4 is 25.7 Å². The van der Waals surface area contributed by atoms with Gasteiger partial charge in [0.05, 0.1) is 25.7 Å². The summed E-state index contributed by atoms with van der Waals surface area (Å²) in [6.45, 7) is 3.02. The Morgan fingerprint density at radius 3 is 2.28 bits per heavy atom. The zero-order valence-electron chi connectivity index (χ0n) is 25.0. The molecular weight excluding hydrogens is 587 g/mol. The van der Waals surface area contributed by atoms with Gasteiger partial charge in [0.1, 0.15) is 16.4 Å². The van der Waals surface area contributed by atoms with Gasteiger partial charge >= 0.3 is 0 Å². The molecule has 9 nitrogen and oxygen atoms in total. The van der Waals surface area contributed by atoms with E-state index >= 15 is 0 Å². The van der Waals surface area contributed by atoms with Crippen LogP contribution in [0.5, 0.6) is 11.5 Å². The van der Waals surface area contributed by atoms with Crippen LogP contribution in [0.4, 0.5) is 5.69 Å². The van der Waals surface area contributed by atoms with E-state index in [4.69, 9.17) is 9.47 Å². The standard InChI is InChI=1S/C32H41N3O6S2/c1-24(25-9-5-4-6-10-25)33-27-17-20-34(21-18-27)42(36,37)22-19-28-14-13-26-11-7-8-12-30(26)35(28)43(38,39)32-16-15-29(40-2)23-31(32)41-3/h4-12,15-16,23-24,27-28,33H,13-14,17-22H2,1-3H3. The number of aryl methyl sites for hydroxylation is 1. The summed E-state index contributed by atoms with van der Waals surface area (Å²) in [5.41, 5.74) is 2.70. The molecule has 2 atom stereocenters. The number of anilines is 1. The van der Waals surface area contributed by atoms with E-state index in [-0.39, 0.29) is 34.9 Å². The third kappa shape index (κ3) is 6.85. The fourth-order valence-electron chi connectivity index (χ4n) is 6.16. The maximum absolute atomic E-state index is 14.2. The van der Waals surface area contributed by atoms with Gasteiger partial charge in [0.2, 0.25) is 10.0 Å². The molecule has 2 unspecified atom stereocenters.